The van der Waals surface area contributed by atoms with Crippen LogP contribution in [-0.2, 0) is 9.53 Å². The zero-order valence-electron chi connectivity index (χ0n) is 15.6. The van der Waals surface area contributed by atoms with Crippen molar-refractivity contribution < 1.29 is 19.2 Å². The van der Waals surface area contributed by atoms with Gasteiger partial charge in [-0.3, -0.25) is 19.8 Å². The number of rotatable bonds is 8. The highest BCUT2D eigenvalue weighted by Gasteiger charge is 2.22. The smallest absolute Gasteiger partial charge is 0.311 e. The van der Waals surface area contributed by atoms with Crippen LogP contribution >= 0.6 is 0 Å². The van der Waals surface area contributed by atoms with Gasteiger partial charge in [-0.25, -0.2) is 0 Å². The third kappa shape index (κ3) is 6.27. The van der Waals surface area contributed by atoms with Gasteiger partial charge < -0.3 is 14.8 Å². The minimum Gasteiger partial charge on any atom is -0.477 e. The van der Waals surface area contributed by atoms with E-state index in [1.807, 2.05) is 0 Å². The van der Waals surface area contributed by atoms with Crippen LogP contribution in [0.2, 0.25) is 0 Å². The quantitative estimate of drug-likeness (QED) is 0.557. The molecule has 0 spiro atoms. The Morgan fingerprint density at radius 1 is 1.50 bits per heavy atom. The van der Waals surface area contributed by atoms with Gasteiger partial charge in [-0.15, -0.1) is 0 Å². The number of benzene rings is 1. The van der Waals surface area contributed by atoms with Crippen LogP contribution in [-0.4, -0.2) is 61.2 Å². The van der Waals surface area contributed by atoms with E-state index in [0.29, 0.717) is 19.1 Å². The van der Waals surface area contributed by atoms with Gasteiger partial charge in [0, 0.05) is 32.2 Å². The lowest BCUT2D eigenvalue weighted by molar-refractivity contribution is -0.385. The van der Waals surface area contributed by atoms with Crippen LogP contribution in [0.15, 0.2) is 18.2 Å². The molecule has 0 aliphatic carbocycles. The van der Waals surface area contributed by atoms with Gasteiger partial charge in [-0.05, 0) is 24.5 Å². The molecule has 1 aromatic carbocycles. The highest BCUT2D eigenvalue weighted by molar-refractivity contribution is 5.77. The summed E-state index contributed by atoms with van der Waals surface area (Å²) in [6.07, 6.45) is -0.0554. The summed E-state index contributed by atoms with van der Waals surface area (Å²) in [4.78, 5) is 24.9. The Bertz CT molecular complexity index is 635. The maximum Gasteiger partial charge on any atom is 0.311 e. The molecule has 8 heteroatoms. The first-order chi connectivity index (χ1) is 12.3. The molecular weight excluding hydrogens is 338 g/mol. The van der Waals surface area contributed by atoms with Crippen molar-refractivity contribution in [3.05, 3.63) is 33.9 Å². The maximum atomic E-state index is 12.0. The molecule has 1 amide bonds. The number of hydrogen-bond donors (Lipinski definition) is 1. The molecule has 0 bridgehead atoms. The molecule has 1 N–H and O–H groups in total. The fourth-order valence-corrected chi connectivity index (χ4v) is 2.90. The first-order valence-electron chi connectivity index (χ1n) is 8.83. The SMILES string of the molecule is Cc1ccc(OCC(=O)NCC2CN(CC(C)C)CCO2)c([N+](=O)[O-])c1. The second-order valence-electron chi connectivity index (χ2n) is 6.97. The lowest BCUT2D eigenvalue weighted by Crippen LogP contribution is -2.48. The van der Waals surface area contributed by atoms with Crippen molar-refractivity contribution in [1.29, 1.82) is 0 Å². The Morgan fingerprint density at radius 3 is 2.96 bits per heavy atom. The van der Waals surface area contributed by atoms with E-state index in [9.17, 15) is 14.9 Å². The topological polar surface area (TPSA) is 93.9 Å². The van der Waals surface area contributed by atoms with Crippen LogP contribution in [0.5, 0.6) is 5.75 Å². The van der Waals surface area contributed by atoms with Crippen molar-refractivity contribution in [2.24, 2.45) is 5.92 Å². The standard InChI is InChI=1S/C18H27N3O5/c1-13(2)10-20-6-7-25-15(11-20)9-19-18(22)12-26-17-5-4-14(3)8-16(17)21(23)24/h4-5,8,13,15H,6-7,9-12H2,1-3H3,(H,19,22). The van der Waals surface area contributed by atoms with Crippen LogP contribution < -0.4 is 10.1 Å². The zero-order chi connectivity index (χ0) is 19.1. The fraction of sp³-hybridized carbons (Fsp3) is 0.611. The molecule has 26 heavy (non-hydrogen) atoms. The predicted molar refractivity (Wildman–Crippen MR) is 97.4 cm³/mol. The number of ether oxygens (including phenoxy) is 2. The number of nitrogens with one attached hydrogen (secondary N) is 1. The van der Waals surface area contributed by atoms with Gasteiger partial charge in [-0.2, -0.15) is 0 Å². The van der Waals surface area contributed by atoms with E-state index in [0.717, 1.165) is 25.2 Å². The Kier molecular flexibility index (Phi) is 7.35. The number of nitrogens with zero attached hydrogens (tertiary/aromatic N) is 2. The lowest BCUT2D eigenvalue weighted by atomic mass is 10.2. The van der Waals surface area contributed by atoms with Crippen LogP contribution in [0.3, 0.4) is 0 Å². The molecule has 1 aliphatic heterocycles. The number of nitro benzene ring substituents is 1. The Labute approximate surface area is 153 Å². The highest BCUT2D eigenvalue weighted by atomic mass is 16.6. The maximum absolute atomic E-state index is 12.0. The second-order valence-corrected chi connectivity index (χ2v) is 6.97. The van der Waals surface area contributed by atoms with E-state index in [-0.39, 0.29) is 30.1 Å². The minimum atomic E-state index is -0.514. The summed E-state index contributed by atoms with van der Waals surface area (Å²) in [6.45, 7) is 9.58. The summed E-state index contributed by atoms with van der Waals surface area (Å²) in [5, 5.41) is 13.8. The van der Waals surface area contributed by atoms with Crippen molar-refractivity contribution in [3.8, 4) is 5.75 Å². The molecule has 1 aromatic rings. The third-order valence-electron chi connectivity index (χ3n) is 4.04. The van der Waals surface area contributed by atoms with Crippen LogP contribution in [0.25, 0.3) is 0 Å². The predicted octanol–water partition coefficient (Wildman–Crippen LogP) is 1.76. The van der Waals surface area contributed by atoms with Crippen molar-refractivity contribution >= 4 is 11.6 Å². The molecule has 8 nitrogen and oxygen atoms in total. The molecule has 1 saturated heterocycles. The van der Waals surface area contributed by atoms with Gasteiger partial charge in [-0.1, -0.05) is 19.9 Å². The van der Waals surface area contributed by atoms with E-state index >= 15 is 0 Å². The molecule has 0 saturated carbocycles. The van der Waals surface area contributed by atoms with E-state index in [4.69, 9.17) is 9.47 Å². The fourth-order valence-electron chi connectivity index (χ4n) is 2.90. The normalized spacial score (nSPS) is 17.9. The van der Waals surface area contributed by atoms with Gasteiger partial charge in [0.15, 0.2) is 12.4 Å². The average molecular weight is 365 g/mol. The van der Waals surface area contributed by atoms with Gasteiger partial charge in [0.05, 0.1) is 17.6 Å². The minimum absolute atomic E-state index is 0.0554. The zero-order valence-corrected chi connectivity index (χ0v) is 15.6. The van der Waals surface area contributed by atoms with Gasteiger partial charge in [0.25, 0.3) is 5.91 Å². The lowest BCUT2D eigenvalue weighted by Gasteiger charge is -2.33. The number of amides is 1. The molecular formula is C18H27N3O5. The van der Waals surface area contributed by atoms with Gasteiger partial charge in [0.1, 0.15) is 0 Å². The van der Waals surface area contributed by atoms with Crippen molar-refractivity contribution in [3.63, 3.8) is 0 Å². The first kappa shape index (κ1) is 20.1. The Balaban J connectivity index is 1.78. The van der Waals surface area contributed by atoms with E-state index in [1.165, 1.54) is 12.1 Å². The number of nitro groups is 1. The summed E-state index contributed by atoms with van der Waals surface area (Å²) in [7, 11) is 0. The molecule has 2 rings (SSSR count). The summed E-state index contributed by atoms with van der Waals surface area (Å²) >= 11 is 0. The highest BCUT2D eigenvalue weighted by Crippen LogP contribution is 2.27. The summed E-state index contributed by atoms with van der Waals surface area (Å²) in [5.74, 6) is 0.347. The number of morpholine rings is 1. The number of hydrogen-bond acceptors (Lipinski definition) is 6. The van der Waals surface area contributed by atoms with Crippen LogP contribution in [0.1, 0.15) is 19.4 Å². The molecule has 1 unspecified atom stereocenters. The molecule has 0 radical (unpaired) electrons. The summed E-state index contributed by atoms with van der Waals surface area (Å²) in [6, 6.07) is 4.64. The molecule has 1 aliphatic rings. The third-order valence-corrected chi connectivity index (χ3v) is 4.04. The summed E-state index contributed by atoms with van der Waals surface area (Å²) < 4.78 is 11.0. The number of aryl methyl sites for hydroxylation is 1. The van der Waals surface area contributed by atoms with Crippen molar-refractivity contribution in [2.45, 2.75) is 26.9 Å². The molecule has 1 heterocycles. The molecule has 0 aromatic heterocycles. The van der Waals surface area contributed by atoms with Crippen molar-refractivity contribution in [2.75, 3.05) is 39.4 Å². The van der Waals surface area contributed by atoms with E-state index in [1.54, 1.807) is 13.0 Å². The van der Waals surface area contributed by atoms with Crippen LogP contribution in [0.4, 0.5) is 5.69 Å². The molecule has 144 valence electrons. The molecule has 1 fully saturated rings. The van der Waals surface area contributed by atoms with Crippen LogP contribution in [0, 0.1) is 23.0 Å². The summed E-state index contributed by atoms with van der Waals surface area (Å²) in [5.41, 5.74) is 0.617. The Morgan fingerprint density at radius 2 is 2.27 bits per heavy atom. The number of carbonyl (C=O) groups is 1. The Hall–Kier alpha value is -2.19. The number of carbonyl (C=O) groups excluding carboxylic acids is 1. The van der Waals surface area contributed by atoms with Gasteiger partial charge in [0.2, 0.25) is 0 Å². The van der Waals surface area contributed by atoms with E-state index < -0.39 is 4.92 Å². The first-order valence-corrected chi connectivity index (χ1v) is 8.83. The van der Waals surface area contributed by atoms with Gasteiger partial charge >= 0.3 is 5.69 Å². The second kappa shape index (κ2) is 9.49. The molecule has 1 atom stereocenters. The average Bonchev–Trinajstić information content (AvgIpc) is 2.58. The van der Waals surface area contributed by atoms with Crippen molar-refractivity contribution in [1.82, 2.24) is 10.2 Å². The van der Waals surface area contributed by atoms with E-state index in [2.05, 4.69) is 24.1 Å². The monoisotopic (exact) mass is 365 g/mol. The largest absolute Gasteiger partial charge is 0.477 e.